The summed E-state index contributed by atoms with van der Waals surface area (Å²) in [6.45, 7) is 1.28. The van der Waals surface area contributed by atoms with Crippen molar-refractivity contribution in [3.63, 3.8) is 0 Å². The standard InChI is InChI=1S/C22H24F4N2O2/c1-30-20-5-2-15(3-6-20)13-27-9-8-19-4-7-21(29)28(19)14-16-10-17(22(24,25)26)12-18(23)11-16/h2-3,5-6,10-12,19,27H,4,7-9,13-14H2,1H3. The van der Waals surface area contributed by atoms with E-state index in [9.17, 15) is 22.4 Å². The fourth-order valence-electron chi connectivity index (χ4n) is 3.66. The Kier molecular flexibility index (Phi) is 6.97. The number of nitrogens with zero attached hydrogens (tertiary/aromatic N) is 1. The molecule has 2 aromatic carbocycles. The number of ether oxygens (including phenoxy) is 1. The fourth-order valence-corrected chi connectivity index (χ4v) is 3.66. The second-order valence-corrected chi connectivity index (χ2v) is 7.37. The zero-order chi connectivity index (χ0) is 21.7. The minimum absolute atomic E-state index is 0.0250. The van der Waals surface area contributed by atoms with Crippen molar-refractivity contribution in [2.75, 3.05) is 13.7 Å². The second-order valence-electron chi connectivity index (χ2n) is 7.37. The van der Waals surface area contributed by atoms with Crippen LogP contribution in [0.1, 0.15) is 36.0 Å². The maximum absolute atomic E-state index is 13.7. The van der Waals surface area contributed by atoms with Crippen molar-refractivity contribution >= 4 is 5.91 Å². The molecule has 1 amide bonds. The Morgan fingerprint density at radius 3 is 2.53 bits per heavy atom. The number of carbonyl (C=O) groups excluding carboxylic acids is 1. The Morgan fingerprint density at radius 2 is 1.87 bits per heavy atom. The number of hydrogen-bond donors (Lipinski definition) is 1. The van der Waals surface area contributed by atoms with E-state index in [4.69, 9.17) is 4.74 Å². The van der Waals surface area contributed by atoms with Crippen LogP contribution >= 0.6 is 0 Å². The quantitative estimate of drug-likeness (QED) is 0.500. The molecule has 0 bridgehead atoms. The van der Waals surface area contributed by atoms with E-state index in [0.717, 1.165) is 23.4 Å². The SMILES string of the molecule is COc1ccc(CNCCC2CCC(=O)N2Cc2cc(F)cc(C(F)(F)F)c2)cc1. The minimum Gasteiger partial charge on any atom is -0.497 e. The number of carbonyl (C=O) groups is 1. The van der Waals surface area contributed by atoms with E-state index in [0.29, 0.717) is 38.4 Å². The number of amides is 1. The average molecular weight is 424 g/mol. The molecule has 0 saturated carbocycles. The van der Waals surface area contributed by atoms with Gasteiger partial charge in [0.15, 0.2) is 0 Å². The Labute approximate surface area is 172 Å². The molecule has 0 aromatic heterocycles. The largest absolute Gasteiger partial charge is 0.497 e. The lowest BCUT2D eigenvalue weighted by atomic mass is 10.1. The molecular formula is C22H24F4N2O2. The topological polar surface area (TPSA) is 41.6 Å². The van der Waals surface area contributed by atoms with Crippen LogP contribution < -0.4 is 10.1 Å². The van der Waals surface area contributed by atoms with Crippen molar-refractivity contribution in [3.05, 3.63) is 65.0 Å². The van der Waals surface area contributed by atoms with Gasteiger partial charge in [0.25, 0.3) is 0 Å². The highest BCUT2D eigenvalue weighted by atomic mass is 19.4. The van der Waals surface area contributed by atoms with Gasteiger partial charge in [-0.3, -0.25) is 4.79 Å². The second kappa shape index (κ2) is 9.47. The van der Waals surface area contributed by atoms with Gasteiger partial charge in [-0.15, -0.1) is 0 Å². The van der Waals surface area contributed by atoms with Gasteiger partial charge in [0, 0.05) is 25.6 Å². The summed E-state index contributed by atoms with van der Waals surface area (Å²) >= 11 is 0. The van der Waals surface area contributed by atoms with Crippen molar-refractivity contribution in [1.29, 1.82) is 0 Å². The Bertz CT molecular complexity index is 868. The molecule has 1 heterocycles. The molecule has 3 rings (SSSR count). The van der Waals surface area contributed by atoms with Crippen LogP contribution in [-0.2, 0) is 24.1 Å². The van der Waals surface area contributed by atoms with Crippen LogP contribution in [0.25, 0.3) is 0 Å². The summed E-state index contributed by atoms with van der Waals surface area (Å²) in [5.74, 6) is -0.290. The Balaban J connectivity index is 1.56. The van der Waals surface area contributed by atoms with Gasteiger partial charge in [0.1, 0.15) is 11.6 Å². The van der Waals surface area contributed by atoms with Crippen LogP contribution in [0.2, 0.25) is 0 Å². The minimum atomic E-state index is -4.63. The van der Waals surface area contributed by atoms with Crippen LogP contribution in [0.5, 0.6) is 5.75 Å². The summed E-state index contributed by atoms with van der Waals surface area (Å²) in [4.78, 5) is 13.8. The maximum Gasteiger partial charge on any atom is 0.416 e. The molecule has 30 heavy (non-hydrogen) atoms. The zero-order valence-electron chi connectivity index (χ0n) is 16.6. The molecule has 8 heteroatoms. The molecule has 1 saturated heterocycles. The monoisotopic (exact) mass is 424 g/mol. The van der Waals surface area contributed by atoms with Crippen LogP contribution in [0.4, 0.5) is 17.6 Å². The van der Waals surface area contributed by atoms with Gasteiger partial charge in [0.2, 0.25) is 5.91 Å². The van der Waals surface area contributed by atoms with Crippen molar-refractivity contribution < 1.29 is 27.1 Å². The van der Waals surface area contributed by atoms with Crippen molar-refractivity contribution in [1.82, 2.24) is 10.2 Å². The number of benzene rings is 2. The summed E-state index contributed by atoms with van der Waals surface area (Å²) in [6.07, 6.45) is -2.96. The highest BCUT2D eigenvalue weighted by Gasteiger charge is 2.33. The molecular weight excluding hydrogens is 400 g/mol. The van der Waals surface area contributed by atoms with E-state index in [-0.39, 0.29) is 24.1 Å². The first-order valence-electron chi connectivity index (χ1n) is 9.76. The third-order valence-corrected chi connectivity index (χ3v) is 5.23. The highest BCUT2D eigenvalue weighted by molar-refractivity contribution is 5.78. The van der Waals surface area contributed by atoms with Crippen molar-refractivity contribution in [2.45, 2.75) is 44.6 Å². The smallest absolute Gasteiger partial charge is 0.416 e. The first-order chi connectivity index (χ1) is 14.3. The van der Waals surface area contributed by atoms with E-state index in [1.54, 1.807) is 12.0 Å². The molecule has 0 radical (unpaired) electrons. The summed E-state index contributed by atoms with van der Waals surface area (Å²) < 4.78 is 57.6. The number of nitrogens with one attached hydrogen (secondary N) is 1. The normalized spacial score (nSPS) is 16.9. The lowest BCUT2D eigenvalue weighted by Crippen LogP contribution is -2.34. The molecule has 1 unspecified atom stereocenters. The first kappa shape index (κ1) is 22.1. The molecule has 162 valence electrons. The van der Waals surface area contributed by atoms with Crippen LogP contribution in [0.3, 0.4) is 0 Å². The van der Waals surface area contributed by atoms with E-state index >= 15 is 0 Å². The molecule has 2 aromatic rings. The van der Waals surface area contributed by atoms with Gasteiger partial charge < -0.3 is 15.0 Å². The summed E-state index contributed by atoms with van der Waals surface area (Å²) in [5, 5.41) is 3.32. The number of likely N-dealkylation sites (tertiary alicyclic amines) is 1. The van der Waals surface area contributed by atoms with Crippen LogP contribution in [0, 0.1) is 5.82 Å². The molecule has 1 aliphatic rings. The van der Waals surface area contributed by atoms with Gasteiger partial charge in [-0.25, -0.2) is 4.39 Å². The van der Waals surface area contributed by atoms with Gasteiger partial charge in [0.05, 0.1) is 12.7 Å². The molecule has 1 atom stereocenters. The number of hydrogen-bond acceptors (Lipinski definition) is 3. The molecule has 0 aliphatic carbocycles. The van der Waals surface area contributed by atoms with E-state index in [1.165, 1.54) is 0 Å². The molecule has 1 N–H and O–H groups in total. The van der Waals surface area contributed by atoms with Gasteiger partial charge in [-0.2, -0.15) is 13.2 Å². The van der Waals surface area contributed by atoms with Crippen molar-refractivity contribution in [3.8, 4) is 5.75 Å². The molecule has 0 spiro atoms. The molecule has 1 aliphatic heterocycles. The zero-order valence-corrected chi connectivity index (χ0v) is 16.6. The molecule has 1 fully saturated rings. The molecule has 4 nitrogen and oxygen atoms in total. The Morgan fingerprint density at radius 1 is 1.13 bits per heavy atom. The van der Waals surface area contributed by atoms with Gasteiger partial charge >= 0.3 is 6.18 Å². The van der Waals surface area contributed by atoms with Crippen LogP contribution in [-0.4, -0.2) is 30.5 Å². The van der Waals surface area contributed by atoms with Crippen LogP contribution in [0.15, 0.2) is 42.5 Å². The number of halogens is 4. The predicted molar refractivity (Wildman–Crippen MR) is 104 cm³/mol. The highest BCUT2D eigenvalue weighted by Crippen LogP contribution is 2.31. The average Bonchev–Trinajstić information content (AvgIpc) is 3.04. The van der Waals surface area contributed by atoms with E-state index in [1.807, 2.05) is 24.3 Å². The maximum atomic E-state index is 13.7. The summed E-state index contributed by atoms with van der Waals surface area (Å²) in [6, 6.07) is 10.0. The number of methoxy groups -OCH3 is 1. The first-order valence-corrected chi connectivity index (χ1v) is 9.76. The summed E-state index contributed by atoms with van der Waals surface area (Å²) in [5.41, 5.74) is 0.199. The lowest BCUT2D eigenvalue weighted by molar-refractivity contribution is -0.137. The summed E-state index contributed by atoms with van der Waals surface area (Å²) in [7, 11) is 1.61. The fraction of sp³-hybridized carbons (Fsp3) is 0.409. The van der Waals surface area contributed by atoms with Gasteiger partial charge in [-0.1, -0.05) is 12.1 Å². The van der Waals surface area contributed by atoms with E-state index < -0.39 is 17.6 Å². The third kappa shape index (κ3) is 5.72. The Hall–Kier alpha value is -2.61. The van der Waals surface area contributed by atoms with Crippen molar-refractivity contribution in [2.24, 2.45) is 0 Å². The number of rotatable bonds is 8. The third-order valence-electron chi connectivity index (χ3n) is 5.23. The predicted octanol–water partition coefficient (Wildman–Crippen LogP) is 4.52. The van der Waals surface area contributed by atoms with E-state index in [2.05, 4.69) is 5.32 Å². The van der Waals surface area contributed by atoms with Gasteiger partial charge in [-0.05, 0) is 60.8 Å². The lowest BCUT2D eigenvalue weighted by Gasteiger charge is -2.25. The number of alkyl halides is 3.